The number of benzene rings is 2. The molecule has 0 spiro atoms. The van der Waals surface area contributed by atoms with E-state index in [9.17, 15) is 4.79 Å². The first-order valence-corrected chi connectivity index (χ1v) is 9.94. The van der Waals surface area contributed by atoms with E-state index in [1.54, 1.807) is 0 Å². The molecule has 4 nitrogen and oxygen atoms in total. The number of hydrogen-bond acceptors (Lipinski definition) is 3. The lowest BCUT2D eigenvalue weighted by Crippen LogP contribution is -2.57. The highest BCUT2D eigenvalue weighted by atomic mass is 16.5. The van der Waals surface area contributed by atoms with Crippen molar-refractivity contribution in [1.82, 2.24) is 4.90 Å². The predicted octanol–water partition coefficient (Wildman–Crippen LogP) is 5.26. The minimum absolute atomic E-state index is 0.0909. The number of carbonyl (C=O) groups excluding carboxylic acids is 1. The molecule has 2 aromatic rings. The highest BCUT2D eigenvalue weighted by molar-refractivity contribution is 6.02. The maximum atomic E-state index is 13.3. The average Bonchev–Trinajstić information content (AvgIpc) is 2.69. The minimum atomic E-state index is -0.544. The summed E-state index contributed by atoms with van der Waals surface area (Å²) in [5, 5.41) is 3.68. The molecule has 27 heavy (non-hydrogen) atoms. The molecule has 3 rings (SSSR count). The van der Waals surface area contributed by atoms with E-state index in [0.717, 1.165) is 35.4 Å². The van der Waals surface area contributed by atoms with E-state index in [1.165, 1.54) is 0 Å². The Hall–Kier alpha value is -2.49. The molecule has 2 aromatic carbocycles. The first-order valence-electron chi connectivity index (χ1n) is 9.94. The fourth-order valence-corrected chi connectivity index (χ4v) is 3.70. The summed E-state index contributed by atoms with van der Waals surface area (Å²) in [6.07, 6.45) is 1.69. The third kappa shape index (κ3) is 3.66. The van der Waals surface area contributed by atoms with Gasteiger partial charge in [0.25, 0.3) is 5.91 Å². The Morgan fingerprint density at radius 1 is 1.07 bits per heavy atom. The van der Waals surface area contributed by atoms with Gasteiger partial charge in [0.15, 0.2) is 0 Å². The molecule has 0 radical (unpaired) electrons. The van der Waals surface area contributed by atoms with Crippen LogP contribution in [0.1, 0.15) is 56.5 Å². The first kappa shape index (κ1) is 19.3. The maximum Gasteiger partial charge on any atom is 0.258 e. The van der Waals surface area contributed by atoms with Gasteiger partial charge in [0.05, 0.1) is 12.2 Å². The second-order valence-electron chi connectivity index (χ2n) is 7.57. The van der Waals surface area contributed by atoms with Crippen LogP contribution in [0.15, 0.2) is 48.5 Å². The van der Waals surface area contributed by atoms with E-state index in [-0.39, 0.29) is 5.91 Å². The molecule has 1 N–H and O–H groups in total. The van der Waals surface area contributed by atoms with Gasteiger partial charge >= 0.3 is 0 Å². The summed E-state index contributed by atoms with van der Waals surface area (Å²) in [4.78, 5) is 15.2. The molecule has 1 amide bonds. The van der Waals surface area contributed by atoms with Gasteiger partial charge in [0, 0.05) is 12.2 Å². The van der Waals surface area contributed by atoms with Crippen LogP contribution in [0.25, 0.3) is 0 Å². The highest BCUT2D eigenvalue weighted by Crippen LogP contribution is 2.40. The minimum Gasteiger partial charge on any atom is -0.493 e. The van der Waals surface area contributed by atoms with E-state index in [4.69, 9.17) is 4.74 Å². The topological polar surface area (TPSA) is 41.6 Å². The van der Waals surface area contributed by atoms with Gasteiger partial charge in [-0.3, -0.25) is 4.79 Å². The zero-order chi connectivity index (χ0) is 19.4. The number of rotatable bonds is 7. The number of nitrogens with one attached hydrogen (secondary N) is 1. The van der Waals surface area contributed by atoms with Crippen LogP contribution in [-0.4, -0.2) is 24.0 Å². The van der Waals surface area contributed by atoms with Crippen molar-refractivity contribution in [3.8, 4) is 5.75 Å². The van der Waals surface area contributed by atoms with Crippen LogP contribution < -0.4 is 10.1 Å². The summed E-state index contributed by atoms with van der Waals surface area (Å²) < 4.78 is 5.83. The molecule has 0 bridgehead atoms. The van der Waals surface area contributed by atoms with Gasteiger partial charge in [-0.15, -0.1) is 0 Å². The van der Waals surface area contributed by atoms with Crippen molar-refractivity contribution in [2.24, 2.45) is 5.92 Å². The third-order valence-electron chi connectivity index (χ3n) is 5.08. The summed E-state index contributed by atoms with van der Waals surface area (Å²) in [6.45, 7) is 9.91. The molecule has 0 aromatic heterocycles. The summed E-state index contributed by atoms with van der Waals surface area (Å²) in [7, 11) is 0. The molecule has 1 aliphatic heterocycles. The third-order valence-corrected chi connectivity index (χ3v) is 5.08. The van der Waals surface area contributed by atoms with E-state index in [1.807, 2.05) is 41.3 Å². The van der Waals surface area contributed by atoms with Crippen molar-refractivity contribution in [1.29, 1.82) is 0 Å². The Morgan fingerprint density at radius 2 is 1.78 bits per heavy atom. The molecule has 4 heteroatoms. The van der Waals surface area contributed by atoms with Gasteiger partial charge in [-0.25, -0.2) is 0 Å². The summed E-state index contributed by atoms with van der Waals surface area (Å²) in [6, 6.07) is 15.9. The van der Waals surface area contributed by atoms with Gasteiger partial charge in [-0.1, -0.05) is 52.0 Å². The van der Waals surface area contributed by atoms with Crippen LogP contribution in [0.3, 0.4) is 0 Å². The second-order valence-corrected chi connectivity index (χ2v) is 7.57. The summed E-state index contributed by atoms with van der Waals surface area (Å²) in [5.41, 5.74) is 2.18. The van der Waals surface area contributed by atoms with Crippen molar-refractivity contribution in [2.45, 2.75) is 46.2 Å². The summed E-state index contributed by atoms with van der Waals surface area (Å²) >= 11 is 0. The molecular formula is C23H30N2O2. The average molecular weight is 367 g/mol. The fraction of sp³-hybridized carbons (Fsp3) is 0.435. The van der Waals surface area contributed by atoms with Crippen molar-refractivity contribution in [3.05, 3.63) is 59.7 Å². The number of amides is 1. The first-order chi connectivity index (χ1) is 13.0. The van der Waals surface area contributed by atoms with E-state index in [0.29, 0.717) is 19.1 Å². The van der Waals surface area contributed by atoms with Crippen LogP contribution >= 0.6 is 0 Å². The number of fused-ring (bicyclic) bond motifs is 1. The Labute approximate surface area is 162 Å². The molecule has 0 saturated heterocycles. The molecule has 0 saturated carbocycles. The van der Waals surface area contributed by atoms with Crippen molar-refractivity contribution >= 4 is 11.6 Å². The largest absolute Gasteiger partial charge is 0.493 e. The van der Waals surface area contributed by atoms with Crippen molar-refractivity contribution in [2.75, 3.05) is 18.5 Å². The van der Waals surface area contributed by atoms with E-state index in [2.05, 4.69) is 45.1 Å². The number of ether oxygens (including phenoxy) is 1. The Kier molecular flexibility index (Phi) is 5.73. The molecule has 1 atom stereocenters. The monoisotopic (exact) mass is 366 g/mol. The molecule has 0 aliphatic carbocycles. The van der Waals surface area contributed by atoms with Crippen LogP contribution in [0.2, 0.25) is 0 Å². The van der Waals surface area contributed by atoms with Crippen LogP contribution in [-0.2, 0) is 5.66 Å². The van der Waals surface area contributed by atoms with E-state index >= 15 is 0 Å². The van der Waals surface area contributed by atoms with E-state index < -0.39 is 5.66 Å². The Morgan fingerprint density at radius 3 is 2.41 bits per heavy atom. The molecule has 1 heterocycles. The normalized spacial score (nSPS) is 19.0. The highest BCUT2D eigenvalue weighted by Gasteiger charge is 2.44. The van der Waals surface area contributed by atoms with Crippen molar-refractivity contribution < 1.29 is 9.53 Å². The van der Waals surface area contributed by atoms with Gasteiger partial charge < -0.3 is 15.0 Å². The zero-order valence-corrected chi connectivity index (χ0v) is 16.8. The van der Waals surface area contributed by atoms with Crippen LogP contribution in [0, 0.1) is 5.92 Å². The maximum absolute atomic E-state index is 13.3. The number of hydrogen-bond donors (Lipinski definition) is 1. The summed E-state index contributed by atoms with van der Waals surface area (Å²) in [5.74, 6) is 1.44. The molecular weight excluding hydrogens is 336 g/mol. The number of anilines is 1. The van der Waals surface area contributed by atoms with Crippen molar-refractivity contribution in [3.63, 3.8) is 0 Å². The number of para-hydroxylation sites is 1. The van der Waals surface area contributed by atoms with Gasteiger partial charge in [0.2, 0.25) is 0 Å². The molecule has 144 valence electrons. The SMILES string of the molecule is CCCN1C(=O)c2ccccc2NC1(CC)c1ccc(OCC(C)C)cc1. The Balaban J connectivity index is 1.99. The second kappa shape index (κ2) is 8.03. The lowest BCUT2D eigenvalue weighted by atomic mass is 9.89. The van der Waals surface area contributed by atoms with Gasteiger partial charge in [-0.05, 0) is 48.6 Å². The predicted molar refractivity (Wildman–Crippen MR) is 110 cm³/mol. The lowest BCUT2D eigenvalue weighted by molar-refractivity contribution is 0.0483. The lowest BCUT2D eigenvalue weighted by Gasteiger charge is -2.48. The smallest absolute Gasteiger partial charge is 0.258 e. The fourth-order valence-electron chi connectivity index (χ4n) is 3.70. The van der Waals surface area contributed by atoms with Gasteiger partial charge in [0.1, 0.15) is 11.4 Å². The number of carbonyl (C=O) groups is 1. The van der Waals surface area contributed by atoms with Crippen LogP contribution in [0.5, 0.6) is 5.75 Å². The van der Waals surface area contributed by atoms with Crippen LogP contribution in [0.4, 0.5) is 5.69 Å². The van der Waals surface area contributed by atoms with Gasteiger partial charge in [-0.2, -0.15) is 0 Å². The molecule has 1 aliphatic rings. The Bertz CT molecular complexity index is 785. The quantitative estimate of drug-likeness (QED) is 0.726. The zero-order valence-electron chi connectivity index (χ0n) is 16.8. The standard InChI is InChI=1S/C23H30N2O2/c1-5-15-25-22(26)20-9-7-8-10-21(20)24-23(25,6-2)18-11-13-19(14-12-18)27-16-17(3)4/h7-14,17,24H,5-6,15-16H2,1-4H3. The molecule has 1 unspecified atom stereocenters. The number of nitrogens with zero attached hydrogens (tertiary/aromatic N) is 1. The molecule has 0 fully saturated rings.